The summed E-state index contributed by atoms with van der Waals surface area (Å²) in [5.41, 5.74) is 1.73. The average molecular weight is 441 g/mol. The Bertz CT molecular complexity index is 1090. The van der Waals surface area contributed by atoms with Crippen LogP contribution in [-0.4, -0.2) is 24.0 Å². The molecule has 1 heterocycles. The summed E-state index contributed by atoms with van der Waals surface area (Å²) in [6.07, 6.45) is 3.82. The van der Waals surface area contributed by atoms with Gasteiger partial charge in [-0.1, -0.05) is 18.2 Å². The largest absolute Gasteiger partial charge is 0.497 e. The summed E-state index contributed by atoms with van der Waals surface area (Å²) in [7, 11) is 1.63. The monoisotopic (exact) mass is 440 g/mol. The molecular weight excluding hydrogens is 420 g/mol. The van der Waals surface area contributed by atoms with Crippen molar-refractivity contribution in [1.29, 1.82) is 0 Å². The maximum atomic E-state index is 13.0. The van der Waals surface area contributed by atoms with Crippen LogP contribution in [0.1, 0.15) is 18.4 Å². The number of carbonyl (C=O) groups excluding carboxylic acids is 1. The van der Waals surface area contributed by atoms with Gasteiger partial charge in [-0.2, -0.15) is 0 Å². The summed E-state index contributed by atoms with van der Waals surface area (Å²) >= 11 is 3.58. The normalized spacial score (nSPS) is 13.5. The second-order valence-corrected chi connectivity index (χ2v) is 7.97. The Morgan fingerprint density at radius 2 is 1.93 bits per heavy atom. The number of carbonyl (C=O) groups is 1. The Morgan fingerprint density at radius 3 is 2.61 bits per heavy atom. The Morgan fingerprint density at radius 1 is 1.18 bits per heavy atom. The number of anilines is 1. The van der Waals surface area contributed by atoms with Crippen LogP contribution in [-0.2, 0) is 11.3 Å². The fourth-order valence-corrected chi connectivity index (χ4v) is 3.84. The number of nitrogens with zero attached hydrogens (tertiary/aromatic N) is 1. The molecule has 0 atom stereocenters. The van der Waals surface area contributed by atoms with Crippen molar-refractivity contribution in [2.75, 3.05) is 19.0 Å². The van der Waals surface area contributed by atoms with Crippen molar-refractivity contribution in [3.63, 3.8) is 0 Å². The van der Waals surface area contributed by atoms with E-state index in [4.69, 9.17) is 4.74 Å². The number of aromatic nitrogens is 1. The number of Topliss-reactive ketones (excluding diaryl/α,β-unsaturated/α-hetero) is 1. The van der Waals surface area contributed by atoms with Gasteiger partial charge in [-0.25, -0.2) is 0 Å². The van der Waals surface area contributed by atoms with Gasteiger partial charge in [-0.3, -0.25) is 9.59 Å². The van der Waals surface area contributed by atoms with E-state index in [0.717, 1.165) is 39.7 Å². The quantitative estimate of drug-likeness (QED) is 0.597. The summed E-state index contributed by atoms with van der Waals surface area (Å²) in [4.78, 5) is 25.0. The van der Waals surface area contributed by atoms with Crippen molar-refractivity contribution in [2.24, 2.45) is 5.92 Å². The first-order valence-electron chi connectivity index (χ1n) is 9.27. The minimum Gasteiger partial charge on any atom is -0.497 e. The van der Waals surface area contributed by atoms with Crippen molar-refractivity contribution in [3.8, 4) is 5.75 Å². The van der Waals surface area contributed by atoms with Gasteiger partial charge in [0, 0.05) is 27.7 Å². The van der Waals surface area contributed by atoms with E-state index in [2.05, 4.69) is 21.2 Å². The van der Waals surface area contributed by atoms with E-state index in [9.17, 15) is 9.59 Å². The van der Waals surface area contributed by atoms with E-state index in [1.165, 1.54) is 0 Å². The number of hydrogen-bond acceptors (Lipinski definition) is 4. The lowest BCUT2D eigenvalue weighted by molar-refractivity contribution is -0.118. The fraction of sp³-hybridized carbons (Fsp3) is 0.273. The van der Waals surface area contributed by atoms with Gasteiger partial charge >= 0.3 is 0 Å². The van der Waals surface area contributed by atoms with E-state index in [-0.39, 0.29) is 17.3 Å². The highest BCUT2D eigenvalue weighted by Gasteiger charge is 2.28. The molecule has 4 rings (SSSR count). The maximum Gasteiger partial charge on any atom is 0.258 e. The van der Waals surface area contributed by atoms with Gasteiger partial charge in [0.15, 0.2) is 5.78 Å². The molecule has 0 saturated heterocycles. The van der Waals surface area contributed by atoms with Gasteiger partial charge in [0.2, 0.25) is 0 Å². The molecule has 1 aliphatic rings. The summed E-state index contributed by atoms with van der Waals surface area (Å²) in [5.74, 6) is 1.25. The zero-order valence-electron chi connectivity index (χ0n) is 15.6. The van der Waals surface area contributed by atoms with Crippen LogP contribution in [0.25, 0.3) is 10.8 Å². The zero-order chi connectivity index (χ0) is 19.7. The van der Waals surface area contributed by atoms with Crippen molar-refractivity contribution in [2.45, 2.75) is 19.4 Å². The predicted octanol–water partition coefficient (Wildman–Crippen LogP) is 4.21. The van der Waals surface area contributed by atoms with Crippen molar-refractivity contribution < 1.29 is 9.53 Å². The van der Waals surface area contributed by atoms with Crippen molar-refractivity contribution in [1.82, 2.24) is 4.57 Å². The number of methoxy groups -OCH3 is 1. The average Bonchev–Trinajstić information content (AvgIpc) is 3.56. The van der Waals surface area contributed by atoms with E-state index in [0.29, 0.717) is 18.5 Å². The molecule has 0 radical (unpaired) electrons. The Hall–Kier alpha value is -2.60. The Labute approximate surface area is 171 Å². The van der Waals surface area contributed by atoms with Gasteiger partial charge in [-0.05, 0) is 58.6 Å². The molecule has 1 aromatic heterocycles. The summed E-state index contributed by atoms with van der Waals surface area (Å²) in [6.45, 7) is 0.777. The number of pyridine rings is 1. The molecule has 1 N–H and O–H groups in total. The molecule has 1 saturated carbocycles. The van der Waals surface area contributed by atoms with Crippen LogP contribution in [0.4, 0.5) is 5.69 Å². The van der Waals surface area contributed by atoms with Gasteiger partial charge in [-0.15, -0.1) is 0 Å². The summed E-state index contributed by atoms with van der Waals surface area (Å²) in [5, 5.41) is 4.63. The van der Waals surface area contributed by atoms with Crippen LogP contribution >= 0.6 is 15.9 Å². The lowest BCUT2D eigenvalue weighted by Crippen LogP contribution is -2.21. The molecule has 144 valence electrons. The topological polar surface area (TPSA) is 60.3 Å². The van der Waals surface area contributed by atoms with E-state index >= 15 is 0 Å². The van der Waals surface area contributed by atoms with Gasteiger partial charge < -0.3 is 14.6 Å². The zero-order valence-corrected chi connectivity index (χ0v) is 17.2. The van der Waals surface area contributed by atoms with Crippen molar-refractivity contribution in [3.05, 3.63) is 69.1 Å². The number of benzene rings is 2. The molecule has 1 aliphatic carbocycles. The Kier molecular flexibility index (Phi) is 5.22. The Balaban J connectivity index is 1.62. The second kappa shape index (κ2) is 7.80. The summed E-state index contributed by atoms with van der Waals surface area (Å²) in [6, 6.07) is 13.3. The van der Waals surface area contributed by atoms with Crippen molar-refractivity contribution >= 4 is 38.2 Å². The van der Waals surface area contributed by atoms with E-state index < -0.39 is 0 Å². The second-order valence-electron chi connectivity index (χ2n) is 7.11. The standard InChI is InChI=1S/C22H21BrN2O3/c1-28-17-7-2-14(3-8-17)12-25-13-20(23)18-9-6-16(10-19(18)22(25)27)24-11-21(26)15-4-5-15/h2-3,6-10,13,15,24H,4-5,11-12H2,1H3. The lowest BCUT2D eigenvalue weighted by Gasteiger charge is -2.12. The van der Waals surface area contributed by atoms with Crippen LogP contribution in [0.2, 0.25) is 0 Å². The highest BCUT2D eigenvalue weighted by Crippen LogP contribution is 2.30. The predicted molar refractivity (Wildman–Crippen MR) is 114 cm³/mol. The number of rotatable bonds is 7. The van der Waals surface area contributed by atoms with Crippen LogP contribution in [0, 0.1) is 5.92 Å². The molecule has 28 heavy (non-hydrogen) atoms. The maximum absolute atomic E-state index is 13.0. The number of halogens is 1. The SMILES string of the molecule is COc1ccc(Cn2cc(Br)c3ccc(NCC(=O)C4CC4)cc3c2=O)cc1. The first kappa shape index (κ1) is 18.7. The van der Waals surface area contributed by atoms with E-state index in [1.807, 2.05) is 48.7 Å². The first-order chi connectivity index (χ1) is 13.5. The third-order valence-electron chi connectivity index (χ3n) is 5.05. The summed E-state index contributed by atoms with van der Waals surface area (Å²) < 4.78 is 7.73. The minimum absolute atomic E-state index is 0.0637. The molecule has 0 bridgehead atoms. The van der Waals surface area contributed by atoms with E-state index in [1.54, 1.807) is 11.7 Å². The first-order valence-corrected chi connectivity index (χ1v) is 10.1. The molecule has 1 fully saturated rings. The third-order valence-corrected chi connectivity index (χ3v) is 5.68. The number of fused-ring (bicyclic) bond motifs is 1. The highest BCUT2D eigenvalue weighted by atomic mass is 79.9. The molecule has 0 amide bonds. The molecule has 0 unspecified atom stereocenters. The number of hydrogen-bond donors (Lipinski definition) is 1. The smallest absolute Gasteiger partial charge is 0.258 e. The molecule has 0 spiro atoms. The molecule has 6 heteroatoms. The molecule has 0 aliphatic heterocycles. The number of nitrogens with one attached hydrogen (secondary N) is 1. The lowest BCUT2D eigenvalue weighted by atomic mass is 10.1. The fourth-order valence-electron chi connectivity index (χ4n) is 3.24. The van der Waals surface area contributed by atoms with Gasteiger partial charge in [0.1, 0.15) is 5.75 Å². The number of ketones is 1. The molecular formula is C22H21BrN2O3. The highest BCUT2D eigenvalue weighted by molar-refractivity contribution is 9.10. The van der Waals surface area contributed by atoms with Gasteiger partial charge in [0.25, 0.3) is 5.56 Å². The van der Waals surface area contributed by atoms with Gasteiger partial charge in [0.05, 0.1) is 25.6 Å². The van der Waals surface area contributed by atoms with Crippen LogP contribution in [0.5, 0.6) is 5.75 Å². The minimum atomic E-state index is -0.0637. The molecule has 5 nitrogen and oxygen atoms in total. The molecule has 3 aromatic rings. The van der Waals surface area contributed by atoms with Crippen LogP contribution in [0.3, 0.4) is 0 Å². The third kappa shape index (κ3) is 3.97. The van der Waals surface area contributed by atoms with Crippen LogP contribution < -0.4 is 15.6 Å². The molecule has 2 aromatic carbocycles. The van der Waals surface area contributed by atoms with Crippen LogP contribution in [0.15, 0.2) is 57.9 Å². The number of ether oxygens (including phenoxy) is 1.